The van der Waals surface area contributed by atoms with Crippen LogP contribution in [-0.4, -0.2) is 31.5 Å². The fourth-order valence-electron chi connectivity index (χ4n) is 7.12. The van der Waals surface area contributed by atoms with Gasteiger partial charge in [0.25, 0.3) is 0 Å². The summed E-state index contributed by atoms with van der Waals surface area (Å²) in [6.07, 6.45) is 7.26. The molecule has 6 rings (SSSR count). The Morgan fingerprint density at radius 1 is 0.886 bits per heavy atom. The quantitative estimate of drug-likeness (QED) is 0.176. The van der Waals surface area contributed by atoms with Gasteiger partial charge in [-0.15, -0.1) is 0 Å². The number of nitrogens with zero attached hydrogens (tertiary/aromatic N) is 4. The summed E-state index contributed by atoms with van der Waals surface area (Å²) in [5.74, 6) is 2.54. The minimum Gasteiger partial charge on any atom is -0.382 e. The summed E-state index contributed by atoms with van der Waals surface area (Å²) in [6, 6.07) is 13.2. The van der Waals surface area contributed by atoms with Crippen molar-refractivity contribution in [2.45, 2.75) is 113 Å². The summed E-state index contributed by atoms with van der Waals surface area (Å²) in [6.45, 7) is 21.5. The summed E-state index contributed by atoms with van der Waals surface area (Å²) in [5.41, 5.74) is 17.9. The molecule has 0 aliphatic heterocycles. The second kappa shape index (κ2) is 11.8. The number of fused-ring (bicyclic) bond motifs is 4. The number of hydrogen-bond acceptors (Lipinski definition) is 4. The molecule has 5 heteroatoms. The van der Waals surface area contributed by atoms with Crippen LogP contribution in [-0.2, 0) is 19.5 Å². The van der Waals surface area contributed by atoms with Crippen LogP contribution in [0.2, 0.25) is 0 Å². The molecule has 0 saturated heterocycles. The predicted molar refractivity (Wildman–Crippen MR) is 188 cm³/mol. The van der Waals surface area contributed by atoms with Gasteiger partial charge < -0.3 is 10.3 Å². The molecule has 0 unspecified atom stereocenters. The van der Waals surface area contributed by atoms with Crippen molar-refractivity contribution in [2.24, 2.45) is 5.92 Å². The average molecular weight is 590 g/mol. The van der Waals surface area contributed by atoms with E-state index >= 15 is 0 Å². The first kappa shape index (κ1) is 30.6. The molecule has 1 saturated carbocycles. The highest BCUT2D eigenvalue weighted by atomic mass is 15.2. The molecule has 3 aromatic carbocycles. The van der Waals surface area contributed by atoms with Gasteiger partial charge >= 0.3 is 0 Å². The molecule has 1 aliphatic rings. The highest BCUT2D eigenvalue weighted by Crippen LogP contribution is 2.38. The molecule has 1 fully saturated rings. The lowest BCUT2D eigenvalue weighted by molar-refractivity contribution is 0.124. The topological polar surface area (TPSA) is 60.0 Å². The van der Waals surface area contributed by atoms with Crippen LogP contribution in [0, 0.1) is 33.6 Å². The van der Waals surface area contributed by atoms with Crippen molar-refractivity contribution in [2.75, 3.05) is 12.3 Å². The molecule has 0 atom stereocenters. The number of anilines is 1. The summed E-state index contributed by atoms with van der Waals surface area (Å²) < 4.78 is 2.45. The van der Waals surface area contributed by atoms with E-state index in [-0.39, 0.29) is 5.54 Å². The third-order valence-corrected chi connectivity index (χ3v) is 10.4. The predicted octanol–water partition coefficient (Wildman–Crippen LogP) is 9.35. The van der Waals surface area contributed by atoms with Gasteiger partial charge in [-0.05, 0) is 124 Å². The van der Waals surface area contributed by atoms with Crippen LogP contribution >= 0.6 is 0 Å². The minimum atomic E-state index is 0.113. The van der Waals surface area contributed by atoms with Gasteiger partial charge in [0, 0.05) is 30.4 Å². The Kier molecular flexibility index (Phi) is 8.21. The van der Waals surface area contributed by atoms with Gasteiger partial charge in [0.2, 0.25) is 0 Å². The molecule has 44 heavy (non-hydrogen) atoms. The number of hydrogen-bond donors (Lipinski definition) is 1. The van der Waals surface area contributed by atoms with E-state index in [1.807, 2.05) is 6.07 Å². The van der Waals surface area contributed by atoms with E-state index in [4.69, 9.17) is 15.7 Å². The zero-order chi connectivity index (χ0) is 31.3. The Labute approximate surface area is 263 Å². The first-order valence-corrected chi connectivity index (χ1v) is 16.8. The van der Waals surface area contributed by atoms with Crippen molar-refractivity contribution in [3.05, 3.63) is 75.6 Å². The largest absolute Gasteiger partial charge is 0.382 e. The Bertz CT molecular complexity index is 1850. The molecule has 5 aromatic rings. The third kappa shape index (κ3) is 5.60. The van der Waals surface area contributed by atoms with Gasteiger partial charge in [0.15, 0.2) is 5.82 Å². The summed E-state index contributed by atoms with van der Waals surface area (Å²) in [4.78, 5) is 12.6. The van der Waals surface area contributed by atoms with Crippen molar-refractivity contribution in [3.8, 4) is 0 Å². The second-order valence-electron chi connectivity index (χ2n) is 14.4. The molecular weight excluding hydrogens is 538 g/mol. The van der Waals surface area contributed by atoms with Crippen LogP contribution in [0.4, 0.5) is 5.82 Å². The van der Waals surface area contributed by atoms with Crippen molar-refractivity contribution < 1.29 is 0 Å². The van der Waals surface area contributed by atoms with Crippen LogP contribution in [0.3, 0.4) is 0 Å². The number of aryl methyl sites for hydroxylation is 3. The Morgan fingerprint density at radius 3 is 2.20 bits per heavy atom. The maximum Gasteiger partial charge on any atom is 0.152 e. The van der Waals surface area contributed by atoms with Gasteiger partial charge in [-0.2, -0.15) is 0 Å². The second-order valence-corrected chi connectivity index (χ2v) is 14.4. The molecular formula is C39H51N5. The molecule has 232 valence electrons. The maximum absolute atomic E-state index is 6.55. The number of benzene rings is 3. The number of unbranched alkanes of at least 4 members (excludes halogenated alkanes) is 1. The van der Waals surface area contributed by atoms with E-state index in [9.17, 15) is 0 Å². The van der Waals surface area contributed by atoms with E-state index in [2.05, 4.69) is 95.2 Å². The molecule has 2 heterocycles. The summed E-state index contributed by atoms with van der Waals surface area (Å²) in [5, 5.41) is 3.97. The zero-order valence-corrected chi connectivity index (χ0v) is 28.3. The van der Waals surface area contributed by atoms with Gasteiger partial charge in [-0.25, -0.2) is 9.97 Å². The maximum atomic E-state index is 6.55. The Morgan fingerprint density at radius 2 is 1.55 bits per heavy atom. The SMILES string of the molecule is CCCCc1nc2c(N)nc3ccccc3c2n1Cc1ccc(CN(CCC2CC2)C(C)(C)C)c2c(C)c(C)c(C)c(C)c12. The standard InChI is InChI=1S/C39H51N5/c1-9-10-15-33-42-36-37(31-13-11-12-14-32(31)41-38(36)40)44(33)23-30-19-18-29(22-43(39(6,7)8)21-20-28-16-17-28)34-26(4)24(2)25(3)27(5)35(30)34/h11-14,18-19,28H,9-10,15-17,20-23H2,1-8H3,(H2,40,41). The van der Waals surface area contributed by atoms with Gasteiger partial charge in [-0.3, -0.25) is 4.90 Å². The monoisotopic (exact) mass is 589 g/mol. The third-order valence-electron chi connectivity index (χ3n) is 10.4. The lowest BCUT2D eigenvalue weighted by atomic mass is 9.86. The first-order chi connectivity index (χ1) is 21.0. The lowest BCUT2D eigenvalue weighted by Gasteiger charge is -2.36. The molecule has 5 nitrogen and oxygen atoms in total. The van der Waals surface area contributed by atoms with E-state index in [1.54, 1.807) is 0 Å². The number of nitrogen functional groups attached to an aromatic ring is 1. The van der Waals surface area contributed by atoms with Gasteiger partial charge in [0.1, 0.15) is 11.3 Å². The average Bonchev–Trinajstić information content (AvgIpc) is 3.75. The number of aromatic nitrogens is 3. The van der Waals surface area contributed by atoms with E-state index in [1.165, 1.54) is 63.4 Å². The minimum absolute atomic E-state index is 0.113. The number of nitrogens with two attached hydrogens (primary N) is 1. The number of rotatable bonds is 10. The molecule has 2 N–H and O–H groups in total. The molecule has 0 spiro atoms. The van der Waals surface area contributed by atoms with E-state index in [0.29, 0.717) is 5.82 Å². The molecule has 0 amide bonds. The lowest BCUT2D eigenvalue weighted by Crippen LogP contribution is -2.41. The van der Waals surface area contributed by atoms with Crippen LogP contribution < -0.4 is 5.73 Å². The number of pyridine rings is 1. The number of imidazole rings is 1. The molecule has 2 aromatic heterocycles. The van der Waals surface area contributed by atoms with Crippen molar-refractivity contribution in [1.29, 1.82) is 0 Å². The van der Waals surface area contributed by atoms with Crippen LogP contribution in [0.15, 0.2) is 36.4 Å². The number of para-hydroxylation sites is 1. The normalized spacial score (nSPS) is 14.1. The van der Waals surface area contributed by atoms with Crippen LogP contribution in [0.1, 0.15) is 99.0 Å². The summed E-state index contributed by atoms with van der Waals surface area (Å²) >= 11 is 0. The smallest absolute Gasteiger partial charge is 0.152 e. The van der Waals surface area contributed by atoms with Crippen LogP contribution in [0.25, 0.3) is 32.7 Å². The molecule has 0 bridgehead atoms. The Balaban J connectivity index is 1.54. The van der Waals surface area contributed by atoms with E-state index < -0.39 is 0 Å². The summed E-state index contributed by atoms with van der Waals surface area (Å²) in [7, 11) is 0. The fourth-order valence-corrected chi connectivity index (χ4v) is 7.12. The fraction of sp³-hybridized carbons (Fsp3) is 0.487. The van der Waals surface area contributed by atoms with Crippen molar-refractivity contribution in [1.82, 2.24) is 19.4 Å². The zero-order valence-electron chi connectivity index (χ0n) is 28.3. The van der Waals surface area contributed by atoms with Gasteiger partial charge in [0.05, 0.1) is 11.0 Å². The van der Waals surface area contributed by atoms with Crippen molar-refractivity contribution in [3.63, 3.8) is 0 Å². The first-order valence-electron chi connectivity index (χ1n) is 16.8. The molecule has 1 aliphatic carbocycles. The Hall–Kier alpha value is -3.44. The highest BCUT2D eigenvalue weighted by Gasteiger charge is 2.28. The highest BCUT2D eigenvalue weighted by molar-refractivity contribution is 6.06. The van der Waals surface area contributed by atoms with Crippen molar-refractivity contribution >= 4 is 38.5 Å². The van der Waals surface area contributed by atoms with E-state index in [0.717, 1.165) is 72.6 Å². The molecule has 0 radical (unpaired) electrons. The van der Waals surface area contributed by atoms with Crippen LogP contribution in [0.5, 0.6) is 0 Å². The van der Waals surface area contributed by atoms with Gasteiger partial charge in [-0.1, -0.05) is 56.5 Å².